The molecule has 1 atom stereocenters. The summed E-state index contributed by atoms with van der Waals surface area (Å²) in [5.74, 6) is -0.470. The third-order valence-corrected chi connectivity index (χ3v) is 2.71. The first-order valence-corrected chi connectivity index (χ1v) is 6.25. The molecule has 1 unspecified atom stereocenters. The minimum Gasteiger partial charge on any atom is -0.490 e. The Hall–Kier alpha value is -2.32. The van der Waals surface area contributed by atoms with Crippen LogP contribution in [0.5, 0.6) is 5.75 Å². The van der Waals surface area contributed by atoms with Crippen molar-refractivity contribution in [3.05, 3.63) is 29.3 Å². The smallest absolute Gasteiger partial charge is 0.428 e. The molecule has 0 saturated heterocycles. The number of amides is 1. The Morgan fingerprint density at radius 2 is 2.18 bits per heavy atom. The van der Waals surface area contributed by atoms with E-state index in [0.717, 1.165) is 12.1 Å². The first-order chi connectivity index (χ1) is 10.3. The number of benzene rings is 1. The van der Waals surface area contributed by atoms with E-state index in [0.29, 0.717) is 0 Å². The maximum Gasteiger partial charge on any atom is 0.428 e. The van der Waals surface area contributed by atoms with Crippen LogP contribution in [0.15, 0.2) is 23.3 Å². The van der Waals surface area contributed by atoms with Crippen molar-refractivity contribution in [3.8, 4) is 5.75 Å². The number of hydrazone groups is 1. The molecule has 1 aliphatic rings. The van der Waals surface area contributed by atoms with Crippen molar-refractivity contribution >= 4 is 11.8 Å². The van der Waals surface area contributed by atoms with Crippen LogP contribution < -0.4 is 10.2 Å². The second kappa shape index (κ2) is 6.20. The molecule has 120 valence electrons. The van der Waals surface area contributed by atoms with Crippen molar-refractivity contribution in [2.45, 2.75) is 19.3 Å². The summed E-state index contributed by atoms with van der Waals surface area (Å²) >= 11 is 0. The maximum absolute atomic E-state index is 13.1. The van der Waals surface area contributed by atoms with Gasteiger partial charge in [0.2, 0.25) is 0 Å². The lowest BCUT2D eigenvalue weighted by Crippen LogP contribution is -2.30. The van der Waals surface area contributed by atoms with E-state index in [1.807, 2.05) is 5.43 Å². The van der Waals surface area contributed by atoms with Gasteiger partial charge in [0.15, 0.2) is 0 Å². The summed E-state index contributed by atoms with van der Waals surface area (Å²) in [6.07, 6.45) is -6.85. The van der Waals surface area contributed by atoms with Crippen LogP contribution >= 0.6 is 0 Å². The molecule has 1 N–H and O–H groups in total. The van der Waals surface area contributed by atoms with Gasteiger partial charge in [-0.25, -0.2) is 14.6 Å². The fourth-order valence-corrected chi connectivity index (χ4v) is 1.72. The first kappa shape index (κ1) is 16.1. The topological polar surface area (TPSA) is 59.9 Å². The normalized spacial score (nSPS) is 16.4. The predicted octanol–water partition coefficient (Wildman–Crippen LogP) is 2.89. The molecule has 0 fully saturated rings. The molecule has 1 aromatic carbocycles. The van der Waals surface area contributed by atoms with Gasteiger partial charge in [-0.1, -0.05) is 0 Å². The van der Waals surface area contributed by atoms with Crippen LogP contribution in [0.2, 0.25) is 0 Å². The number of nitrogens with one attached hydrogen (secondary N) is 1. The highest BCUT2D eigenvalue weighted by Crippen LogP contribution is 2.37. The highest BCUT2D eigenvalue weighted by Gasteiger charge is 2.35. The van der Waals surface area contributed by atoms with Crippen LogP contribution in [0.1, 0.15) is 18.1 Å². The van der Waals surface area contributed by atoms with E-state index in [2.05, 4.69) is 9.84 Å². The van der Waals surface area contributed by atoms with Crippen LogP contribution in [0.25, 0.3) is 0 Å². The summed E-state index contributed by atoms with van der Waals surface area (Å²) in [6, 6.07) is 3.23. The molecule has 1 amide bonds. The van der Waals surface area contributed by atoms with Crippen molar-refractivity contribution < 1.29 is 31.8 Å². The van der Waals surface area contributed by atoms with Gasteiger partial charge >= 0.3 is 12.3 Å². The fourth-order valence-electron chi connectivity index (χ4n) is 1.72. The second-order valence-electron chi connectivity index (χ2n) is 4.55. The highest BCUT2D eigenvalue weighted by molar-refractivity contribution is 6.03. The van der Waals surface area contributed by atoms with Crippen molar-refractivity contribution in [2.75, 3.05) is 13.2 Å². The second-order valence-corrected chi connectivity index (χ2v) is 4.55. The van der Waals surface area contributed by atoms with E-state index >= 15 is 0 Å². The molecule has 0 spiro atoms. The molecule has 0 bridgehead atoms. The lowest BCUT2D eigenvalue weighted by molar-refractivity contribution is -0.139. The van der Waals surface area contributed by atoms with Gasteiger partial charge in [0, 0.05) is 5.56 Å². The zero-order valence-electron chi connectivity index (χ0n) is 11.4. The third kappa shape index (κ3) is 3.86. The van der Waals surface area contributed by atoms with Gasteiger partial charge in [-0.2, -0.15) is 18.3 Å². The van der Waals surface area contributed by atoms with Crippen molar-refractivity contribution in [1.29, 1.82) is 0 Å². The summed E-state index contributed by atoms with van der Waals surface area (Å²) in [7, 11) is 0. The zero-order valence-corrected chi connectivity index (χ0v) is 11.4. The largest absolute Gasteiger partial charge is 0.490 e. The standard InChI is InChI=1S/C13H12F4N2O3/c1-7(14)5-21-11-3-2-8(4-9(11)13(15,16)17)10-6-22-12(20)19-18-10/h2-4,7H,5-6H2,1H3,(H,19,20). The van der Waals surface area contributed by atoms with Crippen LogP contribution in [-0.2, 0) is 10.9 Å². The molecule has 0 radical (unpaired) electrons. The van der Waals surface area contributed by atoms with E-state index in [4.69, 9.17) is 4.74 Å². The molecule has 5 nitrogen and oxygen atoms in total. The molecule has 22 heavy (non-hydrogen) atoms. The van der Waals surface area contributed by atoms with Gasteiger partial charge in [0.05, 0.1) is 5.56 Å². The van der Waals surface area contributed by atoms with Gasteiger partial charge in [-0.05, 0) is 25.1 Å². The van der Waals surface area contributed by atoms with Crippen LogP contribution in [0, 0.1) is 0 Å². The maximum atomic E-state index is 13.1. The minimum atomic E-state index is -4.68. The van der Waals surface area contributed by atoms with Crippen LogP contribution in [0.4, 0.5) is 22.4 Å². The number of rotatable bonds is 4. The summed E-state index contributed by atoms with van der Waals surface area (Å²) < 4.78 is 61.4. The number of carbonyl (C=O) groups excluding carboxylic acids is 1. The Labute approximate surface area is 122 Å². The molecular formula is C13H12F4N2O3. The van der Waals surface area contributed by atoms with Crippen molar-refractivity contribution in [3.63, 3.8) is 0 Å². The number of ether oxygens (including phenoxy) is 2. The van der Waals surface area contributed by atoms with E-state index in [-0.39, 0.29) is 17.9 Å². The highest BCUT2D eigenvalue weighted by atomic mass is 19.4. The number of hydrogen-bond acceptors (Lipinski definition) is 4. The first-order valence-electron chi connectivity index (χ1n) is 6.25. The van der Waals surface area contributed by atoms with Crippen LogP contribution in [0.3, 0.4) is 0 Å². The average Bonchev–Trinajstić information content (AvgIpc) is 2.45. The number of hydrogen-bond donors (Lipinski definition) is 1. The van der Waals surface area contributed by atoms with Gasteiger partial charge in [-0.15, -0.1) is 0 Å². The van der Waals surface area contributed by atoms with Crippen LogP contribution in [-0.4, -0.2) is 31.2 Å². The summed E-state index contributed by atoms with van der Waals surface area (Å²) in [5, 5.41) is 3.63. The summed E-state index contributed by atoms with van der Waals surface area (Å²) in [4.78, 5) is 10.8. The molecule has 0 aromatic heterocycles. The Kier molecular flexibility index (Phi) is 4.53. The van der Waals surface area contributed by atoms with Crippen molar-refractivity contribution in [2.24, 2.45) is 5.10 Å². The molecule has 1 heterocycles. The molecule has 9 heteroatoms. The molecule has 0 aliphatic carbocycles. The summed E-state index contributed by atoms with van der Waals surface area (Å²) in [6.45, 7) is 0.450. The lowest BCUT2D eigenvalue weighted by Gasteiger charge is -2.17. The third-order valence-electron chi connectivity index (χ3n) is 2.71. The zero-order chi connectivity index (χ0) is 16.3. The van der Waals surface area contributed by atoms with Crippen molar-refractivity contribution in [1.82, 2.24) is 5.43 Å². The van der Waals surface area contributed by atoms with Gasteiger partial charge in [0.25, 0.3) is 0 Å². The Morgan fingerprint density at radius 3 is 2.73 bits per heavy atom. The molecule has 0 saturated carbocycles. The SMILES string of the molecule is CC(F)COc1ccc(C2=NNC(=O)OC2)cc1C(F)(F)F. The molecule has 2 rings (SSSR count). The molecule has 1 aliphatic heterocycles. The van der Waals surface area contributed by atoms with E-state index in [1.165, 1.54) is 13.0 Å². The van der Waals surface area contributed by atoms with E-state index in [1.54, 1.807) is 0 Å². The summed E-state index contributed by atoms with van der Waals surface area (Å²) in [5.41, 5.74) is 1.21. The van der Waals surface area contributed by atoms with Gasteiger partial charge in [-0.3, -0.25) is 0 Å². The number of halogens is 4. The number of carbonyl (C=O) groups is 1. The number of alkyl halides is 4. The predicted molar refractivity (Wildman–Crippen MR) is 68.5 cm³/mol. The Bertz CT molecular complexity index is 599. The molecular weight excluding hydrogens is 308 g/mol. The van der Waals surface area contributed by atoms with E-state index < -0.39 is 36.4 Å². The van der Waals surface area contributed by atoms with E-state index in [9.17, 15) is 22.4 Å². The number of nitrogens with zero attached hydrogens (tertiary/aromatic N) is 1. The number of cyclic esters (lactones) is 1. The average molecular weight is 320 g/mol. The van der Waals surface area contributed by atoms with Gasteiger partial charge in [0.1, 0.15) is 30.8 Å². The molecule has 1 aromatic rings. The Balaban J connectivity index is 2.33. The lowest BCUT2D eigenvalue weighted by atomic mass is 10.1. The quantitative estimate of drug-likeness (QED) is 0.868. The minimum absolute atomic E-state index is 0.118. The van der Waals surface area contributed by atoms with Gasteiger partial charge < -0.3 is 9.47 Å². The monoisotopic (exact) mass is 320 g/mol. The fraction of sp³-hybridized carbons (Fsp3) is 0.385. The Morgan fingerprint density at radius 1 is 1.45 bits per heavy atom.